The molecule has 27 heavy (non-hydrogen) atoms. The van der Waals surface area contributed by atoms with Gasteiger partial charge in [0.2, 0.25) is 0 Å². The molecule has 0 saturated carbocycles. The summed E-state index contributed by atoms with van der Waals surface area (Å²) >= 11 is 6.36. The number of hydrogen-bond donors (Lipinski definition) is 1. The summed E-state index contributed by atoms with van der Waals surface area (Å²) in [6, 6.07) is 15.6. The average molecular weight is 379 g/mol. The van der Waals surface area contributed by atoms with Gasteiger partial charge in [-0.15, -0.1) is 0 Å². The summed E-state index contributed by atoms with van der Waals surface area (Å²) in [7, 11) is 1.52. The second kappa shape index (κ2) is 6.71. The van der Waals surface area contributed by atoms with Crippen LogP contribution in [0.1, 0.15) is 5.56 Å². The molecule has 2 heterocycles. The van der Waals surface area contributed by atoms with Gasteiger partial charge in [0.05, 0.1) is 35.0 Å². The number of nitrogens with zero attached hydrogens (tertiary/aromatic N) is 3. The van der Waals surface area contributed by atoms with E-state index in [1.54, 1.807) is 30.3 Å². The second-order valence-corrected chi connectivity index (χ2v) is 6.23. The minimum Gasteiger partial charge on any atom is -0.468 e. The molecule has 0 amide bonds. The third-order valence-corrected chi connectivity index (χ3v) is 4.45. The van der Waals surface area contributed by atoms with Gasteiger partial charge in [0.1, 0.15) is 5.82 Å². The fourth-order valence-electron chi connectivity index (χ4n) is 2.82. The van der Waals surface area contributed by atoms with Crippen LogP contribution < -0.4 is 4.74 Å². The van der Waals surface area contributed by atoms with Crippen LogP contribution in [-0.4, -0.2) is 22.1 Å². The molecule has 0 aliphatic rings. The molecule has 0 bridgehead atoms. The number of rotatable bonds is 3. The first kappa shape index (κ1) is 17.0. The number of H-pyrrole nitrogens is 1. The maximum atomic E-state index is 14.2. The Morgan fingerprint density at radius 1 is 1.07 bits per heavy atom. The molecule has 2 aromatic heterocycles. The number of benzene rings is 2. The first-order chi connectivity index (χ1) is 13.1. The van der Waals surface area contributed by atoms with Crippen molar-refractivity contribution < 1.29 is 9.13 Å². The van der Waals surface area contributed by atoms with Crippen LogP contribution >= 0.6 is 11.6 Å². The lowest BCUT2D eigenvalue weighted by molar-refractivity contribution is 0.386. The highest BCUT2D eigenvalue weighted by Crippen LogP contribution is 2.31. The van der Waals surface area contributed by atoms with Gasteiger partial charge in [-0.3, -0.25) is 0 Å². The smallest absolute Gasteiger partial charge is 0.295 e. The molecule has 0 atom stereocenters. The molecule has 4 aromatic rings. The number of methoxy groups -OCH3 is 1. The normalized spacial score (nSPS) is 10.7. The average Bonchev–Trinajstić information content (AvgIpc) is 3.09. The van der Waals surface area contributed by atoms with Crippen molar-refractivity contribution in [3.05, 3.63) is 64.9 Å². The minimum absolute atomic E-state index is 0.284. The van der Waals surface area contributed by atoms with Crippen molar-refractivity contribution in [3.63, 3.8) is 0 Å². The third-order valence-electron chi connectivity index (χ3n) is 4.17. The van der Waals surface area contributed by atoms with Gasteiger partial charge in [-0.1, -0.05) is 41.9 Å². The number of pyridine rings is 1. The Morgan fingerprint density at radius 2 is 1.81 bits per heavy atom. The van der Waals surface area contributed by atoms with E-state index in [2.05, 4.69) is 15.0 Å². The van der Waals surface area contributed by atoms with E-state index in [1.165, 1.54) is 13.2 Å². The lowest BCUT2D eigenvalue weighted by atomic mass is 10.0. The van der Waals surface area contributed by atoms with Crippen LogP contribution in [0.3, 0.4) is 0 Å². The largest absolute Gasteiger partial charge is 0.468 e. The van der Waals surface area contributed by atoms with Crippen molar-refractivity contribution in [2.24, 2.45) is 0 Å². The van der Waals surface area contributed by atoms with E-state index in [4.69, 9.17) is 21.6 Å². The van der Waals surface area contributed by atoms with E-state index in [0.29, 0.717) is 39.0 Å². The van der Waals surface area contributed by atoms with Crippen LogP contribution in [-0.2, 0) is 0 Å². The zero-order valence-electron chi connectivity index (χ0n) is 14.1. The van der Waals surface area contributed by atoms with E-state index in [-0.39, 0.29) is 5.56 Å². The summed E-state index contributed by atoms with van der Waals surface area (Å²) in [6.45, 7) is 0. The Labute approximate surface area is 159 Å². The van der Waals surface area contributed by atoms with Crippen molar-refractivity contribution in [2.75, 3.05) is 7.11 Å². The van der Waals surface area contributed by atoms with Crippen molar-refractivity contribution in [3.8, 4) is 34.5 Å². The fourth-order valence-corrected chi connectivity index (χ4v) is 3.08. The van der Waals surface area contributed by atoms with Crippen LogP contribution in [0, 0.1) is 17.1 Å². The minimum atomic E-state index is -0.442. The topological polar surface area (TPSA) is 74.6 Å². The van der Waals surface area contributed by atoms with Crippen LogP contribution in [0.25, 0.3) is 33.5 Å². The van der Waals surface area contributed by atoms with Crippen LogP contribution in [0.15, 0.2) is 48.5 Å². The SMILES string of the molecule is COc1nc2nc(-c3ccc(-c4ccc(C#N)cc4F)cc3)c(Cl)cc2[nH]1. The number of fused-ring (bicyclic) bond motifs is 1. The molecule has 0 fully saturated rings. The standard InChI is InChI=1S/C20H12ClFN4O/c1-27-20-24-17-9-15(21)18(25-19(17)26-20)13-5-3-12(4-6-13)14-7-2-11(10-23)8-16(14)22/h2-9H,1H3,(H,24,25,26). The molecule has 0 saturated heterocycles. The van der Waals surface area contributed by atoms with E-state index < -0.39 is 5.82 Å². The molecule has 5 nitrogen and oxygen atoms in total. The summed E-state index contributed by atoms with van der Waals surface area (Å²) in [6.07, 6.45) is 0. The van der Waals surface area contributed by atoms with Gasteiger partial charge in [0.15, 0.2) is 5.65 Å². The third kappa shape index (κ3) is 3.09. The molecular formula is C20H12ClFN4O. The summed E-state index contributed by atoms with van der Waals surface area (Å²) in [5.74, 6) is -0.442. The molecular weight excluding hydrogens is 367 g/mol. The first-order valence-electron chi connectivity index (χ1n) is 8.00. The molecule has 0 spiro atoms. The van der Waals surface area contributed by atoms with Gasteiger partial charge in [-0.25, -0.2) is 9.37 Å². The first-order valence-corrected chi connectivity index (χ1v) is 8.37. The van der Waals surface area contributed by atoms with Crippen LogP contribution in [0.4, 0.5) is 4.39 Å². The fraction of sp³-hybridized carbons (Fsp3) is 0.0500. The lowest BCUT2D eigenvalue weighted by Crippen LogP contribution is -1.89. The highest BCUT2D eigenvalue weighted by molar-refractivity contribution is 6.33. The van der Waals surface area contributed by atoms with Gasteiger partial charge < -0.3 is 9.72 Å². The Morgan fingerprint density at radius 3 is 2.48 bits per heavy atom. The molecule has 2 aromatic carbocycles. The number of halogens is 2. The predicted molar refractivity (Wildman–Crippen MR) is 101 cm³/mol. The highest BCUT2D eigenvalue weighted by Gasteiger charge is 2.12. The van der Waals surface area contributed by atoms with Gasteiger partial charge in [0, 0.05) is 11.1 Å². The number of nitriles is 1. The maximum absolute atomic E-state index is 14.2. The Bertz CT molecular complexity index is 1200. The summed E-state index contributed by atoms with van der Waals surface area (Å²) in [5, 5.41) is 9.32. The van der Waals surface area contributed by atoms with Crippen LogP contribution in [0.5, 0.6) is 6.01 Å². The van der Waals surface area contributed by atoms with E-state index in [9.17, 15) is 4.39 Å². The number of aromatic nitrogens is 3. The van der Waals surface area contributed by atoms with Gasteiger partial charge in [0.25, 0.3) is 6.01 Å². The highest BCUT2D eigenvalue weighted by atomic mass is 35.5. The number of ether oxygens (including phenoxy) is 1. The zero-order chi connectivity index (χ0) is 19.0. The van der Waals surface area contributed by atoms with Gasteiger partial charge in [-0.05, 0) is 23.8 Å². The predicted octanol–water partition coefficient (Wildman–Crippen LogP) is 4.96. The number of aromatic amines is 1. The Balaban J connectivity index is 1.73. The van der Waals surface area contributed by atoms with Crippen molar-refractivity contribution in [2.45, 2.75) is 0 Å². The van der Waals surface area contributed by atoms with E-state index in [1.807, 2.05) is 18.2 Å². The molecule has 0 aliphatic heterocycles. The van der Waals surface area contributed by atoms with Crippen LogP contribution in [0.2, 0.25) is 5.02 Å². The lowest BCUT2D eigenvalue weighted by Gasteiger charge is -2.07. The van der Waals surface area contributed by atoms with Gasteiger partial charge >= 0.3 is 0 Å². The Hall–Kier alpha value is -3.43. The van der Waals surface area contributed by atoms with Gasteiger partial charge in [-0.2, -0.15) is 10.2 Å². The zero-order valence-corrected chi connectivity index (χ0v) is 14.9. The number of imidazole rings is 1. The van der Waals surface area contributed by atoms with E-state index in [0.717, 1.165) is 5.56 Å². The summed E-state index contributed by atoms with van der Waals surface area (Å²) in [5.41, 5.74) is 3.93. The maximum Gasteiger partial charge on any atom is 0.295 e. The molecule has 0 aliphatic carbocycles. The molecule has 4 rings (SSSR count). The van der Waals surface area contributed by atoms with Crippen molar-refractivity contribution in [1.29, 1.82) is 5.26 Å². The number of nitrogens with one attached hydrogen (secondary N) is 1. The quantitative estimate of drug-likeness (QED) is 0.546. The molecule has 0 radical (unpaired) electrons. The second-order valence-electron chi connectivity index (χ2n) is 5.82. The van der Waals surface area contributed by atoms with Crippen molar-refractivity contribution >= 4 is 22.8 Å². The summed E-state index contributed by atoms with van der Waals surface area (Å²) < 4.78 is 19.3. The van der Waals surface area contributed by atoms with E-state index >= 15 is 0 Å². The molecule has 7 heteroatoms. The molecule has 132 valence electrons. The Kier molecular flexibility index (Phi) is 4.22. The molecule has 0 unspecified atom stereocenters. The molecule has 1 N–H and O–H groups in total. The monoisotopic (exact) mass is 378 g/mol. The summed E-state index contributed by atoms with van der Waals surface area (Å²) in [4.78, 5) is 11.7. The van der Waals surface area contributed by atoms with Crippen molar-refractivity contribution in [1.82, 2.24) is 15.0 Å². The number of hydrogen-bond acceptors (Lipinski definition) is 4.